The van der Waals surface area contributed by atoms with Crippen molar-refractivity contribution in [3.8, 4) is 11.5 Å². The Morgan fingerprint density at radius 3 is 2.25 bits per heavy atom. The van der Waals surface area contributed by atoms with Gasteiger partial charge in [0.15, 0.2) is 6.61 Å². The Hall–Kier alpha value is -3.02. The second kappa shape index (κ2) is 11.6. The maximum absolute atomic E-state index is 11.3. The largest absolute Gasteiger partial charge is 0.497 e. The second-order valence-electron chi connectivity index (χ2n) is 5.94. The molecule has 0 aliphatic carbocycles. The molecule has 6 nitrogen and oxygen atoms in total. The van der Waals surface area contributed by atoms with Crippen LogP contribution >= 0.6 is 0 Å². The third-order valence-corrected chi connectivity index (χ3v) is 4.00. The summed E-state index contributed by atoms with van der Waals surface area (Å²) < 4.78 is 15.4. The van der Waals surface area contributed by atoms with Gasteiger partial charge in [0.1, 0.15) is 18.1 Å². The Bertz CT molecular complexity index is 754. The molecule has 0 aliphatic heterocycles. The standard InChI is InChI=1S/C22H27NO5/c1-4-21(23-28-15-14-17-6-10-19(25-3)11-7-17)18-8-12-20(13-9-18)27-16-22(24)26-5-2/h6-13H,4-5,14-16H2,1-3H3/b23-21+. The van der Waals surface area contributed by atoms with E-state index < -0.39 is 0 Å². The Labute approximate surface area is 166 Å². The first-order valence-corrected chi connectivity index (χ1v) is 9.36. The van der Waals surface area contributed by atoms with Gasteiger partial charge in [0.2, 0.25) is 0 Å². The number of esters is 1. The van der Waals surface area contributed by atoms with E-state index in [0.29, 0.717) is 19.0 Å². The summed E-state index contributed by atoms with van der Waals surface area (Å²) in [5.74, 6) is 1.06. The molecule has 0 amide bonds. The molecule has 28 heavy (non-hydrogen) atoms. The summed E-state index contributed by atoms with van der Waals surface area (Å²) in [5, 5.41) is 4.27. The van der Waals surface area contributed by atoms with Crippen LogP contribution in [0.25, 0.3) is 0 Å². The highest BCUT2D eigenvalue weighted by molar-refractivity contribution is 6.00. The molecule has 0 fully saturated rings. The number of hydrogen-bond donors (Lipinski definition) is 0. The SMILES string of the molecule is CCOC(=O)COc1ccc(/C(CC)=N/OCCc2ccc(OC)cc2)cc1. The van der Waals surface area contributed by atoms with E-state index in [1.54, 1.807) is 26.2 Å². The van der Waals surface area contributed by atoms with Crippen molar-refractivity contribution in [2.75, 3.05) is 26.9 Å². The molecule has 150 valence electrons. The summed E-state index contributed by atoms with van der Waals surface area (Å²) in [7, 11) is 1.65. The number of ether oxygens (including phenoxy) is 3. The number of methoxy groups -OCH3 is 1. The summed E-state index contributed by atoms with van der Waals surface area (Å²) in [6, 6.07) is 15.3. The third kappa shape index (κ3) is 6.95. The summed E-state index contributed by atoms with van der Waals surface area (Å²) in [6.07, 6.45) is 1.51. The van der Waals surface area contributed by atoms with Crippen LogP contribution < -0.4 is 9.47 Å². The van der Waals surface area contributed by atoms with E-state index in [9.17, 15) is 4.79 Å². The van der Waals surface area contributed by atoms with Crippen LogP contribution in [-0.4, -0.2) is 38.6 Å². The lowest BCUT2D eigenvalue weighted by molar-refractivity contribution is -0.145. The van der Waals surface area contributed by atoms with Crippen molar-refractivity contribution >= 4 is 11.7 Å². The fourth-order valence-electron chi connectivity index (χ4n) is 2.49. The van der Waals surface area contributed by atoms with E-state index in [-0.39, 0.29) is 12.6 Å². The molecule has 0 radical (unpaired) electrons. The van der Waals surface area contributed by atoms with Crippen LogP contribution in [0.5, 0.6) is 11.5 Å². The second-order valence-corrected chi connectivity index (χ2v) is 5.94. The molecule has 0 atom stereocenters. The quantitative estimate of drug-likeness (QED) is 0.253. The zero-order valence-corrected chi connectivity index (χ0v) is 16.6. The lowest BCUT2D eigenvalue weighted by atomic mass is 10.1. The van der Waals surface area contributed by atoms with Crippen molar-refractivity contribution in [1.82, 2.24) is 0 Å². The van der Waals surface area contributed by atoms with Crippen LogP contribution in [0.15, 0.2) is 53.7 Å². The molecule has 0 spiro atoms. The minimum absolute atomic E-state index is 0.101. The maximum atomic E-state index is 11.3. The number of nitrogens with zero attached hydrogens (tertiary/aromatic N) is 1. The molecule has 0 aromatic heterocycles. The van der Waals surface area contributed by atoms with Gasteiger partial charge in [-0.2, -0.15) is 0 Å². The van der Waals surface area contributed by atoms with E-state index in [1.165, 1.54) is 0 Å². The highest BCUT2D eigenvalue weighted by atomic mass is 16.6. The fraction of sp³-hybridized carbons (Fsp3) is 0.364. The highest BCUT2D eigenvalue weighted by Crippen LogP contribution is 2.15. The first-order valence-electron chi connectivity index (χ1n) is 9.36. The number of carbonyl (C=O) groups is 1. The van der Waals surface area contributed by atoms with Crippen LogP contribution in [0.4, 0.5) is 0 Å². The van der Waals surface area contributed by atoms with E-state index in [2.05, 4.69) is 5.16 Å². The van der Waals surface area contributed by atoms with E-state index in [4.69, 9.17) is 19.0 Å². The predicted octanol–water partition coefficient (Wildman–Crippen LogP) is 4.01. The molecule has 0 bridgehead atoms. The predicted molar refractivity (Wildman–Crippen MR) is 108 cm³/mol. The van der Waals surface area contributed by atoms with Gasteiger partial charge < -0.3 is 19.0 Å². The zero-order valence-electron chi connectivity index (χ0n) is 16.6. The Kier molecular flexibility index (Phi) is 8.85. The summed E-state index contributed by atoms with van der Waals surface area (Å²) in [5.41, 5.74) is 2.97. The van der Waals surface area contributed by atoms with Crippen molar-refractivity contribution in [1.29, 1.82) is 0 Å². The first-order chi connectivity index (χ1) is 13.7. The molecule has 6 heteroatoms. The number of oxime groups is 1. The number of rotatable bonds is 11. The van der Waals surface area contributed by atoms with Crippen LogP contribution in [0.1, 0.15) is 31.4 Å². The molecule has 2 aromatic carbocycles. The molecular formula is C22H27NO5. The average Bonchev–Trinajstić information content (AvgIpc) is 2.73. The molecule has 0 aliphatic rings. The van der Waals surface area contributed by atoms with Crippen molar-refractivity contribution in [3.05, 3.63) is 59.7 Å². The van der Waals surface area contributed by atoms with E-state index in [1.807, 2.05) is 43.3 Å². The van der Waals surface area contributed by atoms with Crippen molar-refractivity contribution in [3.63, 3.8) is 0 Å². The Morgan fingerprint density at radius 1 is 0.964 bits per heavy atom. The van der Waals surface area contributed by atoms with Crippen LogP contribution in [0.2, 0.25) is 0 Å². The van der Waals surface area contributed by atoms with Gasteiger partial charge in [-0.15, -0.1) is 0 Å². The van der Waals surface area contributed by atoms with Crippen molar-refractivity contribution in [2.45, 2.75) is 26.7 Å². The molecule has 0 heterocycles. The maximum Gasteiger partial charge on any atom is 0.344 e. The van der Waals surface area contributed by atoms with E-state index in [0.717, 1.165) is 35.4 Å². The Morgan fingerprint density at radius 2 is 1.64 bits per heavy atom. The van der Waals surface area contributed by atoms with Gasteiger partial charge >= 0.3 is 5.97 Å². The summed E-state index contributed by atoms with van der Waals surface area (Å²) >= 11 is 0. The van der Waals surface area contributed by atoms with Gasteiger partial charge in [-0.25, -0.2) is 4.79 Å². The Balaban J connectivity index is 1.84. The van der Waals surface area contributed by atoms with Gasteiger partial charge in [-0.05, 0) is 60.9 Å². The average molecular weight is 385 g/mol. The third-order valence-electron chi connectivity index (χ3n) is 4.00. The van der Waals surface area contributed by atoms with Gasteiger partial charge in [0.05, 0.1) is 19.4 Å². The lowest BCUT2D eigenvalue weighted by Gasteiger charge is -2.08. The molecule has 0 N–H and O–H groups in total. The van der Waals surface area contributed by atoms with Crippen molar-refractivity contribution < 1.29 is 23.8 Å². The molecular weight excluding hydrogens is 358 g/mol. The minimum Gasteiger partial charge on any atom is -0.497 e. The minimum atomic E-state index is -0.382. The molecule has 0 saturated heterocycles. The van der Waals surface area contributed by atoms with Gasteiger partial charge in [-0.1, -0.05) is 24.2 Å². The van der Waals surface area contributed by atoms with Crippen molar-refractivity contribution in [2.24, 2.45) is 5.16 Å². The number of benzene rings is 2. The van der Waals surface area contributed by atoms with Crippen LogP contribution in [0, 0.1) is 0 Å². The van der Waals surface area contributed by atoms with Gasteiger partial charge in [0.25, 0.3) is 0 Å². The topological polar surface area (TPSA) is 66.4 Å². The van der Waals surface area contributed by atoms with Crippen LogP contribution in [-0.2, 0) is 20.8 Å². The molecule has 0 unspecified atom stereocenters. The van der Waals surface area contributed by atoms with Crippen LogP contribution in [0.3, 0.4) is 0 Å². The smallest absolute Gasteiger partial charge is 0.344 e. The number of hydrogen-bond acceptors (Lipinski definition) is 6. The summed E-state index contributed by atoms with van der Waals surface area (Å²) in [4.78, 5) is 16.8. The van der Waals surface area contributed by atoms with Gasteiger partial charge in [0, 0.05) is 6.42 Å². The lowest BCUT2D eigenvalue weighted by Crippen LogP contribution is -2.14. The zero-order chi connectivity index (χ0) is 20.2. The van der Waals surface area contributed by atoms with E-state index >= 15 is 0 Å². The molecule has 2 aromatic rings. The number of carbonyl (C=O) groups excluding carboxylic acids is 1. The molecule has 2 rings (SSSR count). The molecule has 0 saturated carbocycles. The van der Waals surface area contributed by atoms with Gasteiger partial charge in [-0.3, -0.25) is 0 Å². The summed E-state index contributed by atoms with van der Waals surface area (Å²) in [6.45, 7) is 4.52. The normalized spacial score (nSPS) is 11.0. The fourth-order valence-corrected chi connectivity index (χ4v) is 2.49. The monoisotopic (exact) mass is 385 g/mol. The highest BCUT2D eigenvalue weighted by Gasteiger charge is 2.06. The first kappa shape index (κ1) is 21.3.